The van der Waals surface area contributed by atoms with Crippen molar-refractivity contribution in [1.82, 2.24) is 5.32 Å². The summed E-state index contributed by atoms with van der Waals surface area (Å²) in [5, 5.41) is 13.5. The number of benzene rings is 1. The van der Waals surface area contributed by atoms with Crippen LogP contribution in [0, 0.1) is 10.1 Å². The average Bonchev–Trinajstić information content (AvgIpc) is 2.34. The molecule has 0 spiro atoms. The molecule has 0 saturated heterocycles. The van der Waals surface area contributed by atoms with Crippen LogP contribution in [0.15, 0.2) is 12.1 Å². The molecule has 18 heavy (non-hydrogen) atoms. The number of carbonyl (C=O) groups excluding carboxylic acids is 1. The van der Waals surface area contributed by atoms with Crippen molar-refractivity contribution in [1.29, 1.82) is 0 Å². The largest absolute Gasteiger partial charge is 0.352 e. The van der Waals surface area contributed by atoms with Crippen LogP contribution in [-0.4, -0.2) is 17.4 Å². The number of nitro benzene ring substituents is 1. The lowest BCUT2D eigenvalue weighted by molar-refractivity contribution is -0.384. The summed E-state index contributed by atoms with van der Waals surface area (Å²) in [4.78, 5) is 21.9. The van der Waals surface area contributed by atoms with Crippen molar-refractivity contribution in [3.63, 3.8) is 0 Å². The van der Waals surface area contributed by atoms with Gasteiger partial charge in [0.25, 0.3) is 11.6 Å². The lowest BCUT2D eigenvalue weighted by Gasteiger charge is -2.08. The molecule has 0 atom stereocenters. The molecule has 0 heterocycles. The van der Waals surface area contributed by atoms with E-state index in [0.29, 0.717) is 6.54 Å². The topological polar surface area (TPSA) is 110 Å². The summed E-state index contributed by atoms with van der Waals surface area (Å²) in [6.07, 6.45) is 0.768. The number of carbonyl (C=O) groups is 1. The van der Waals surface area contributed by atoms with E-state index < -0.39 is 10.8 Å². The van der Waals surface area contributed by atoms with Gasteiger partial charge in [0.1, 0.15) is 5.69 Å². The molecule has 0 bridgehead atoms. The first-order valence-electron chi connectivity index (χ1n) is 5.24. The average molecular weight is 273 g/mol. The van der Waals surface area contributed by atoms with Gasteiger partial charge in [0.05, 0.1) is 9.95 Å². The molecular weight excluding hydrogens is 260 g/mol. The Bertz CT molecular complexity index is 478. The van der Waals surface area contributed by atoms with Crippen molar-refractivity contribution in [3.05, 3.63) is 32.8 Å². The Kier molecular flexibility index (Phi) is 4.87. The highest BCUT2D eigenvalue weighted by Gasteiger charge is 2.20. The highest BCUT2D eigenvalue weighted by Crippen LogP contribution is 2.32. The van der Waals surface area contributed by atoms with Crippen molar-refractivity contribution in [2.24, 2.45) is 5.84 Å². The summed E-state index contributed by atoms with van der Waals surface area (Å²) >= 11 is 5.83. The van der Waals surface area contributed by atoms with Crippen LogP contribution in [0.2, 0.25) is 5.02 Å². The van der Waals surface area contributed by atoms with Crippen molar-refractivity contribution < 1.29 is 9.72 Å². The molecule has 7 nitrogen and oxygen atoms in total. The zero-order chi connectivity index (χ0) is 13.7. The SMILES string of the molecule is CCCNC(=O)c1cc(Cl)c(NN)c([N+](=O)[O-])c1. The van der Waals surface area contributed by atoms with E-state index in [2.05, 4.69) is 10.7 Å². The van der Waals surface area contributed by atoms with E-state index in [1.807, 2.05) is 6.92 Å². The zero-order valence-corrected chi connectivity index (χ0v) is 10.5. The molecule has 1 rings (SSSR count). The van der Waals surface area contributed by atoms with Crippen LogP contribution in [0.25, 0.3) is 0 Å². The van der Waals surface area contributed by atoms with Gasteiger partial charge in [0.2, 0.25) is 0 Å². The van der Waals surface area contributed by atoms with Gasteiger partial charge in [-0.15, -0.1) is 0 Å². The van der Waals surface area contributed by atoms with Gasteiger partial charge in [-0.1, -0.05) is 18.5 Å². The van der Waals surface area contributed by atoms with Gasteiger partial charge >= 0.3 is 0 Å². The van der Waals surface area contributed by atoms with Gasteiger partial charge in [-0.3, -0.25) is 20.8 Å². The number of rotatable bonds is 5. The fraction of sp³-hybridized carbons (Fsp3) is 0.300. The van der Waals surface area contributed by atoms with Crippen LogP contribution in [0.3, 0.4) is 0 Å². The van der Waals surface area contributed by atoms with E-state index in [-0.39, 0.29) is 22.0 Å². The highest BCUT2D eigenvalue weighted by molar-refractivity contribution is 6.34. The maximum absolute atomic E-state index is 11.7. The Hall–Kier alpha value is -1.86. The van der Waals surface area contributed by atoms with Crippen LogP contribution in [0.4, 0.5) is 11.4 Å². The van der Waals surface area contributed by atoms with Crippen LogP contribution in [0.5, 0.6) is 0 Å². The molecule has 8 heteroatoms. The molecular formula is C10H13ClN4O3. The highest BCUT2D eigenvalue weighted by atomic mass is 35.5. The van der Waals surface area contributed by atoms with Gasteiger partial charge in [0.15, 0.2) is 0 Å². The second-order valence-electron chi connectivity index (χ2n) is 3.51. The van der Waals surface area contributed by atoms with Crippen LogP contribution < -0.4 is 16.6 Å². The maximum Gasteiger partial charge on any atom is 0.295 e. The Morgan fingerprint density at radius 3 is 2.72 bits per heavy atom. The monoisotopic (exact) mass is 272 g/mol. The summed E-state index contributed by atoms with van der Waals surface area (Å²) in [6, 6.07) is 2.46. The van der Waals surface area contributed by atoms with E-state index in [1.165, 1.54) is 6.07 Å². The second kappa shape index (κ2) is 6.18. The van der Waals surface area contributed by atoms with E-state index >= 15 is 0 Å². The number of amides is 1. The number of nitro groups is 1. The van der Waals surface area contributed by atoms with Crippen molar-refractivity contribution in [2.75, 3.05) is 12.0 Å². The van der Waals surface area contributed by atoms with Gasteiger partial charge in [-0.2, -0.15) is 0 Å². The molecule has 1 aromatic rings. The number of anilines is 1. The minimum Gasteiger partial charge on any atom is -0.352 e. The maximum atomic E-state index is 11.7. The molecule has 4 N–H and O–H groups in total. The Morgan fingerprint density at radius 1 is 1.56 bits per heavy atom. The van der Waals surface area contributed by atoms with Crippen molar-refractivity contribution >= 4 is 28.9 Å². The molecule has 98 valence electrons. The van der Waals surface area contributed by atoms with Gasteiger partial charge < -0.3 is 10.7 Å². The number of nitrogens with one attached hydrogen (secondary N) is 2. The summed E-state index contributed by atoms with van der Waals surface area (Å²) in [6.45, 7) is 2.39. The standard InChI is InChI=1S/C10H13ClN4O3/c1-2-3-13-10(16)6-4-7(11)9(14-12)8(5-6)15(17)18/h4-5,14H,2-3,12H2,1H3,(H,13,16). The van der Waals surface area contributed by atoms with Crippen LogP contribution >= 0.6 is 11.6 Å². The predicted octanol–water partition coefficient (Wildman–Crippen LogP) is 1.67. The smallest absolute Gasteiger partial charge is 0.295 e. The zero-order valence-electron chi connectivity index (χ0n) is 9.70. The van der Waals surface area contributed by atoms with E-state index in [9.17, 15) is 14.9 Å². The molecule has 0 aromatic heterocycles. The van der Waals surface area contributed by atoms with Crippen molar-refractivity contribution in [2.45, 2.75) is 13.3 Å². The van der Waals surface area contributed by atoms with Gasteiger partial charge in [-0.05, 0) is 12.5 Å². The van der Waals surface area contributed by atoms with Crippen LogP contribution in [-0.2, 0) is 0 Å². The number of halogens is 1. The molecule has 0 fully saturated rings. The number of nitrogens with zero attached hydrogens (tertiary/aromatic N) is 1. The molecule has 1 aromatic carbocycles. The fourth-order valence-electron chi connectivity index (χ4n) is 1.35. The molecule has 0 unspecified atom stereocenters. The number of hydrogen-bond donors (Lipinski definition) is 3. The van der Waals surface area contributed by atoms with E-state index in [1.54, 1.807) is 0 Å². The number of hydrazine groups is 1. The minimum absolute atomic E-state index is 0.0197. The lowest BCUT2D eigenvalue weighted by atomic mass is 10.1. The third-order valence-corrected chi connectivity index (χ3v) is 2.51. The summed E-state index contributed by atoms with van der Waals surface area (Å²) in [7, 11) is 0. The molecule has 0 aliphatic heterocycles. The number of hydrogen-bond acceptors (Lipinski definition) is 5. The lowest BCUT2D eigenvalue weighted by Crippen LogP contribution is -2.24. The quantitative estimate of drug-likeness (QED) is 0.429. The first-order chi connectivity index (χ1) is 8.51. The minimum atomic E-state index is -0.655. The number of nitrogens with two attached hydrogens (primary N) is 1. The van der Waals surface area contributed by atoms with Crippen molar-refractivity contribution in [3.8, 4) is 0 Å². The molecule has 0 aliphatic rings. The van der Waals surface area contributed by atoms with Gasteiger partial charge in [-0.25, -0.2) is 0 Å². The summed E-state index contributed by atoms with van der Waals surface area (Å²) in [5.74, 6) is 4.74. The Labute approximate surface area is 108 Å². The predicted molar refractivity (Wildman–Crippen MR) is 68.5 cm³/mol. The van der Waals surface area contributed by atoms with Crippen LogP contribution in [0.1, 0.15) is 23.7 Å². The normalized spacial score (nSPS) is 9.94. The third kappa shape index (κ3) is 3.08. The third-order valence-electron chi connectivity index (χ3n) is 2.21. The molecule has 0 saturated carbocycles. The molecule has 0 radical (unpaired) electrons. The Balaban J connectivity index is 3.16. The number of nitrogen functional groups attached to an aromatic ring is 1. The Morgan fingerprint density at radius 2 is 2.22 bits per heavy atom. The first kappa shape index (κ1) is 14.2. The first-order valence-corrected chi connectivity index (χ1v) is 5.61. The molecule has 1 amide bonds. The van der Waals surface area contributed by atoms with E-state index in [4.69, 9.17) is 17.4 Å². The molecule has 0 aliphatic carbocycles. The summed E-state index contributed by atoms with van der Waals surface area (Å²) < 4.78 is 0. The second-order valence-corrected chi connectivity index (χ2v) is 3.92. The summed E-state index contributed by atoms with van der Waals surface area (Å²) in [5.41, 5.74) is 1.91. The van der Waals surface area contributed by atoms with E-state index in [0.717, 1.165) is 12.5 Å². The fourth-order valence-corrected chi connectivity index (χ4v) is 1.62. The van der Waals surface area contributed by atoms with Gasteiger partial charge in [0, 0.05) is 18.2 Å².